The third-order valence-electron chi connectivity index (χ3n) is 3.40. The summed E-state index contributed by atoms with van der Waals surface area (Å²) in [6.07, 6.45) is 0. The zero-order valence-electron chi connectivity index (χ0n) is 13.8. The fourth-order valence-electron chi connectivity index (χ4n) is 2.22. The van der Waals surface area contributed by atoms with E-state index < -0.39 is 0 Å². The maximum absolute atomic E-state index is 5.64. The van der Waals surface area contributed by atoms with Crippen LogP contribution in [0.15, 0.2) is 42.5 Å². The molecule has 0 atom stereocenters. The normalized spacial score (nSPS) is 11.2. The first-order chi connectivity index (χ1) is 11.4. The lowest BCUT2D eigenvalue weighted by Crippen LogP contribution is -2.11. The Labute approximate surface area is 138 Å². The minimum atomic E-state index is 0.586. The van der Waals surface area contributed by atoms with E-state index in [1.807, 2.05) is 6.92 Å². The lowest BCUT2D eigenvalue weighted by atomic mass is 10.1. The second kappa shape index (κ2) is 11.1. The average molecular weight is 318 g/mol. The molecule has 0 radical (unpaired) electrons. The third-order valence-corrected chi connectivity index (χ3v) is 3.40. The summed E-state index contributed by atoms with van der Waals surface area (Å²) in [6.45, 7) is 6.94. The summed E-state index contributed by atoms with van der Waals surface area (Å²) in [6, 6.07) is 14.7. The third kappa shape index (κ3) is 7.10. The molecule has 23 heavy (non-hydrogen) atoms. The van der Waals surface area contributed by atoms with Crippen molar-refractivity contribution in [2.24, 2.45) is 0 Å². The molecule has 0 amide bonds. The molecule has 0 saturated heterocycles. The summed E-state index contributed by atoms with van der Waals surface area (Å²) in [4.78, 5) is 0. The molecule has 2 rings (SSSR count). The Bertz CT molecular complexity index is 556. The molecule has 0 saturated carbocycles. The lowest BCUT2D eigenvalue weighted by molar-refractivity contribution is -0.00287. The molecular formula is C19H26O4. The predicted molar refractivity (Wildman–Crippen MR) is 91.7 cm³/mol. The van der Waals surface area contributed by atoms with Gasteiger partial charge in [-0.2, -0.15) is 0 Å². The van der Waals surface area contributed by atoms with Crippen LogP contribution in [0.4, 0.5) is 0 Å². The zero-order valence-corrected chi connectivity index (χ0v) is 13.8. The highest BCUT2D eigenvalue weighted by atomic mass is 16.6. The Morgan fingerprint density at radius 1 is 0.652 bits per heavy atom. The number of hydrogen-bond acceptors (Lipinski definition) is 4. The molecule has 0 N–H and O–H groups in total. The molecule has 4 heteroatoms. The van der Waals surface area contributed by atoms with E-state index in [0.717, 1.165) is 6.61 Å². The van der Waals surface area contributed by atoms with Crippen molar-refractivity contribution in [3.63, 3.8) is 0 Å². The molecule has 0 aliphatic carbocycles. The van der Waals surface area contributed by atoms with E-state index in [1.165, 1.54) is 16.3 Å². The van der Waals surface area contributed by atoms with Gasteiger partial charge in [-0.15, -0.1) is 0 Å². The molecule has 2 aromatic carbocycles. The Kier molecular flexibility index (Phi) is 8.66. The Morgan fingerprint density at radius 2 is 1.26 bits per heavy atom. The second-order valence-electron chi connectivity index (χ2n) is 5.16. The molecule has 126 valence electrons. The molecule has 0 unspecified atom stereocenters. The van der Waals surface area contributed by atoms with Crippen molar-refractivity contribution in [3.05, 3.63) is 48.0 Å². The summed E-state index contributed by atoms with van der Waals surface area (Å²) in [7, 11) is 0. The van der Waals surface area contributed by atoms with Crippen LogP contribution in [0.5, 0.6) is 0 Å². The first-order valence-corrected chi connectivity index (χ1v) is 8.19. The van der Waals surface area contributed by atoms with Crippen LogP contribution in [-0.2, 0) is 25.6 Å². The minimum Gasteiger partial charge on any atom is -0.379 e. The van der Waals surface area contributed by atoms with Gasteiger partial charge < -0.3 is 18.9 Å². The molecule has 0 fully saturated rings. The first-order valence-electron chi connectivity index (χ1n) is 8.19. The summed E-state index contributed by atoms with van der Waals surface area (Å²) in [5, 5.41) is 2.50. The molecule has 4 nitrogen and oxygen atoms in total. The maximum Gasteiger partial charge on any atom is 0.0718 e. The van der Waals surface area contributed by atoms with Crippen molar-refractivity contribution < 1.29 is 18.9 Å². The van der Waals surface area contributed by atoms with Gasteiger partial charge in [-0.25, -0.2) is 0 Å². The van der Waals surface area contributed by atoms with Crippen LogP contribution in [0.25, 0.3) is 10.8 Å². The Balaban J connectivity index is 1.50. The van der Waals surface area contributed by atoms with Crippen LogP contribution in [0.2, 0.25) is 0 Å². The largest absolute Gasteiger partial charge is 0.379 e. The number of rotatable bonds is 12. The molecule has 0 heterocycles. The van der Waals surface area contributed by atoms with Crippen molar-refractivity contribution in [3.8, 4) is 0 Å². The van der Waals surface area contributed by atoms with Gasteiger partial charge in [0, 0.05) is 6.61 Å². The zero-order chi connectivity index (χ0) is 16.2. The van der Waals surface area contributed by atoms with E-state index in [9.17, 15) is 0 Å². The molecule has 0 aliphatic heterocycles. The number of ether oxygens (including phenoxy) is 4. The van der Waals surface area contributed by atoms with Crippen molar-refractivity contribution >= 4 is 10.8 Å². The Hall–Kier alpha value is -1.46. The van der Waals surface area contributed by atoms with Crippen LogP contribution in [-0.4, -0.2) is 46.2 Å². The van der Waals surface area contributed by atoms with Gasteiger partial charge in [0.15, 0.2) is 0 Å². The van der Waals surface area contributed by atoms with Crippen molar-refractivity contribution in [1.29, 1.82) is 0 Å². The fourth-order valence-corrected chi connectivity index (χ4v) is 2.22. The quantitative estimate of drug-likeness (QED) is 0.562. The number of hydrogen-bond donors (Lipinski definition) is 0. The van der Waals surface area contributed by atoms with Crippen LogP contribution in [0.3, 0.4) is 0 Å². The molecule has 0 spiro atoms. The fraction of sp³-hybridized carbons (Fsp3) is 0.474. The first kappa shape index (κ1) is 17.9. The molecule has 2 aromatic rings. The van der Waals surface area contributed by atoms with Gasteiger partial charge in [0.1, 0.15) is 0 Å². The van der Waals surface area contributed by atoms with E-state index in [4.69, 9.17) is 18.9 Å². The van der Waals surface area contributed by atoms with Gasteiger partial charge in [-0.05, 0) is 29.3 Å². The van der Waals surface area contributed by atoms with E-state index in [1.54, 1.807) is 0 Å². The predicted octanol–water partition coefficient (Wildman–Crippen LogP) is 3.43. The molecular weight excluding hydrogens is 292 g/mol. The smallest absolute Gasteiger partial charge is 0.0718 e. The van der Waals surface area contributed by atoms with E-state index in [-0.39, 0.29) is 0 Å². The van der Waals surface area contributed by atoms with Crippen LogP contribution in [0.1, 0.15) is 12.5 Å². The summed E-state index contributed by atoms with van der Waals surface area (Å²) >= 11 is 0. The molecule has 0 aliphatic rings. The topological polar surface area (TPSA) is 36.9 Å². The Morgan fingerprint density at radius 3 is 1.96 bits per heavy atom. The van der Waals surface area contributed by atoms with Crippen molar-refractivity contribution in [1.82, 2.24) is 0 Å². The minimum absolute atomic E-state index is 0.586. The monoisotopic (exact) mass is 318 g/mol. The average Bonchev–Trinajstić information content (AvgIpc) is 2.59. The maximum atomic E-state index is 5.64. The van der Waals surface area contributed by atoms with Gasteiger partial charge in [0.05, 0.1) is 46.2 Å². The highest BCUT2D eigenvalue weighted by Crippen LogP contribution is 2.16. The highest BCUT2D eigenvalue weighted by Gasteiger charge is 1.97. The van der Waals surface area contributed by atoms with Crippen LogP contribution >= 0.6 is 0 Å². The van der Waals surface area contributed by atoms with Crippen molar-refractivity contribution in [2.75, 3.05) is 46.2 Å². The number of benzene rings is 2. The lowest BCUT2D eigenvalue weighted by Gasteiger charge is -2.07. The SMILES string of the molecule is CCOCCOCCOCCOCc1ccc2ccccc2c1. The van der Waals surface area contributed by atoms with Crippen LogP contribution < -0.4 is 0 Å². The van der Waals surface area contributed by atoms with E-state index in [2.05, 4.69) is 42.5 Å². The van der Waals surface area contributed by atoms with E-state index in [0.29, 0.717) is 46.2 Å². The molecule has 0 bridgehead atoms. The van der Waals surface area contributed by atoms with E-state index >= 15 is 0 Å². The van der Waals surface area contributed by atoms with Gasteiger partial charge in [0.25, 0.3) is 0 Å². The van der Waals surface area contributed by atoms with Gasteiger partial charge >= 0.3 is 0 Å². The standard InChI is InChI=1S/C19H26O4/c1-2-20-9-10-21-11-12-22-13-14-23-16-17-7-8-18-5-3-4-6-19(18)15-17/h3-8,15H,2,9-14,16H2,1H3. The molecule has 0 aromatic heterocycles. The second-order valence-corrected chi connectivity index (χ2v) is 5.16. The summed E-state index contributed by atoms with van der Waals surface area (Å²) in [5.41, 5.74) is 1.18. The number of fused-ring (bicyclic) bond motifs is 1. The van der Waals surface area contributed by atoms with Crippen molar-refractivity contribution in [2.45, 2.75) is 13.5 Å². The highest BCUT2D eigenvalue weighted by molar-refractivity contribution is 5.82. The van der Waals surface area contributed by atoms with Gasteiger partial charge in [0.2, 0.25) is 0 Å². The van der Waals surface area contributed by atoms with Gasteiger partial charge in [-0.1, -0.05) is 36.4 Å². The summed E-state index contributed by atoms with van der Waals surface area (Å²) < 4.78 is 21.6. The summed E-state index contributed by atoms with van der Waals surface area (Å²) in [5.74, 6) is 0. The van der Waals surface area contributed by atoms with Crippen LogP contribution in [0, 0.1) is 0 Å². The van der Waals surface area contributed by atoms with Gasteiger partial charge in [-0.3, -0.25) is 0 Å².